The first kappa shape index (κ1) is 12.8. The number of amides is 1. The summed E-state index contributed by atoms with van der Waals surface area (Å²) < 4.78 is 0. The summed E-state index contributed by atoms with van der Waals surface area (Å²) in [6.07, 6.45) is 2.64. The highest BCUT2D eigenvalue weighted by atomic mass is 16.2. The topological polar surface area (TPSA) is 35.6 Å². The van der Waals surface area contributed by atoms with Crippen LogP contribution in [0.4, 0.5) is 0 Å². The van der Waals surface area contributed by atoms with Crippen molar-refractivity contribution >= 4 is 5.91 Å². The molecule has 0 unspecified atom stereocenters. The molecule has 2 aliphatic rings. The molecule has 4 nitrogen and oxygen atoms in total. The highest BCUT2D eigenvalue weighted by Gasteiger charge is 2.33. The lowest BCUT2D eigenvalue weighted by Crippen LogP contribution is -2.44. The Balaban J connectivity index is 1.87. The number of hydrogen-bond acceptors (Lipinski definition) is 3. The molecule has 98 valence electrons. The average molecular weight is 239 g/mol. The Kier molecular flexibility index (Phi) is 4.05. The molecule has 4 heteroatoms. The third-order valence-electron chi connectivity index (χ3n) is 3.88. The van der Waals surface area contributed by atoms with Crippen LogP contribution in [0.25, 0.3) is 0 Å². The molecule has 0 radical (unpaired) electrons. The smallest absolute Gasteiger partial charge is 0.229 e. The molecule has 2 aliphatic heterocycles. The summed E-state index contributed by atoms with van der Waals surface area (Å²) in [7, 11) is 0. The van der Waals surface area contributed by atoms with E-state index in [4.69, 9.17) is 0 Å². The van der Waals surface area contributed by atoms with Crippen molar-refractivity contribution in [2.24, 2.45) is 5.41 Å². The first-order valence-electron chi connectivity index (χ1n) is 6.82. The normalized spacial score (nSPS) is 26.2. The summed E-state index contributed by atoms with van der Waals surface area (Å²) >= 11 is 0. The number of rotatable bonds is 3. The molecule has 0 bridgehead atoms. The van der Waals surface area contributed by atoms with Gasteiger partial charge in [-0.2, -0.15) is 0 Å². The minimum Gasteiger partial charge on any atom is -0.340 e. The molecule has 0 aromatic rings. The van der Waals surface area contributed by atoms with Crippen molar-refractivity contribution in [2.45, 2.75) is 26.7 Å². The molecule has 0 aromatic carbocycles. The van der Waals surface area contributed by atoms with Gasteiger partial charge < -0.3 is 15.1 Å². The largest absolute Gasteiger partial charge is 0.340 e. The minimum atomic E-state index is -0.249. The van der Waals surface area contributed by atoms with Crippen LogP contribution in [0.3, 0.4) is 0 Å². The van der Waals surface area contributed by atoms with E-state index in [0.29, 0.717) is 5.91 Å². The summed E-state index contributed by atoms with van der Waals surface area (Å²) in [5.41, 5.74) is -0.249. The monoisotopic (exact) mass is 239 g/mol. The van der Waals surface area contributed by atoms with Gasteiger partial charge in [0.25, 0.3) is 0 Å². The van der Waals surface area contributed by atoms with Gasteiger partial charge in [0.05, 0.1) is 5.41 Å². The Bertz CT molecular complexity index is 272. The maximum Gasteiger partial charge on any atom is 0.229 e. The number of nitrogens with one attached hydrogen (secondary N) is 1. The molecule has 0 atom stereocenters. The van der Waals surface area contributed by atoms with E-state index >= 15 is 0 Å². The lowest BCUT2D eigenvalue weighted by molar-refractivity contribution is -0.139. The van der Waals surface area contributed by atoms with Crippen LogP contribution in [0.2, 0.25) is 0 Å². The Morgan fingerprint density at radius 1 is 1.18 bits per heavy atom. The Hall–Kier alpha value is -0.610. The van der Waals surface area contributed by atoms with Crippen molar-refractivity contribution < 1.29 is 4.79 Å². The van der Waals surface area contributed by atoms with Crippen molar-refractivity contribution in [3.8, 4) is 0 Å². The second-order valence-corrected chi connectivity index (χ2v) is 5.90. The van der Waals surface area contributed by atoms with Gasteiger partial charge in [0.2, 0.25) is 5.91 Å². The second kappa shape index (κ2) is 5.36. The molecule has 2 heterocycles. The third kappa shape index (κ3) is 3.19. The quantitative estimate of drug-likeness (QED) is 0.781. The average Bonchev–Trinajstić information content (AvgIpc) is 2.76. The van der Waals surface area contributed by atoms with Crippen molar-refractivity contribution in [1.82, 2.24) is 15.1 Å². The Labute approximate surface area is 104 Å². The van der Waals surface area contributed by atoms with E-state index in [1.54, 1.807) is 0 Å². The van der Waals surface area contributed by atoms with Gasteiger partial charge in [0.15, 0.2) is 0 Å². The number of hydrogen-bond donors (Lipinski definition) is 1. The lowest BCUT2D eigenvalue weighted by Gasteiger charge is -2.29. The lowest BCUT2D eigenvalue weighted by atomic mass is 9.92. The van der Waals surface area contributed by atoms with E-state index in [1.165, 1.54) is 25.9 Å². The van der Waals surface area contributed by atoms with Gasteiger partial charge in [0.1, 0.15) is 0 Å². The van der Waals surface area contributed by atoms with Gasteiger partial charge in [-0.3, -0.25) is 4.79 Å². The van der Waals surface area contributed by atoms with Crippen LogP contribution in [-0.2, 0) is 4.79 Å². The fourth-order valence-corrected chi connectivity index (χ4v) is 2.70. The van der Waals surface area contributed by atoms with Gasteiger partial charge in [0, 0.05) is 32.7 Å². The van der Waals surface area contributed by atoms with Crippen LogP contribution in [0.1, 0.15) is 26.7 Å². The molecule has 2 saturated heterocycles. The molecule has 0 spiro atoms. The zero-order valence-corrected chi connectivity index (χ0v) is 11.2. The first-order valence-corrected chi connectivity index (χ1v) is 6.82. The van der Waals surface area contributed by atoms with Crippen molar-refractivity contribution in [2.75, 3.05) is 45.8 Å². The van der Waals surface area contributed by atoms with Gasteiger partial charge in [-0.05, 0) is 39.8 Å². The van der Waals surface area contributed by atoms with E-state index in [-0.39, 0.29) is 5.41 Å². The number of likely N-dealkylation sites (tertiary alicyclic amines) is 1. The first-order chi connectivity index (χ1) is 8.09. The molecule has 0 aliphatic carbocycles. The van der Waals surface area contributed by atoms with Crippen LogP contribution in [0, 0.1) is 5.41 Å². The van der Waals surface area contributed by atoms with Gasteiger partial charge in [-0.25, -0.2) is 0 Å². The fraction of sp³-hybridized carbons (Fsp3) is 0.923. The number of carbonyl (C=O) groups excluding carboxylic acids is 1. The fourth-order valence-electron chi connectivity index (χ4n) is 2.70. The third-order valence-corrected chi connectivity index (χ3v) is 3.88. The van der Waals surface area contributed by atoms with Crippen LogP contribution in [-0.4, -0.2) is 61.5 Å². The highest BCUT2D eigenvalue weighted by molar-refractivity contribution is 5.82. The maximum absolute atomic E-state index is 12.3. The summed E-state index contributed by atoms with van der Waals surface area (Å²) in [6.45, 7) is 11.0. The van der Waals surface area contributed by atoms with E-state index < -0.39 is 0 Å². The number of carbonyl (C=O) groups is 1. The van der Waals surface area contributed by atoms with Gasteiger partial charge >= 0.3 is 0 Å². The van der Waals surface area contributed by atoms with Gasteiger partial charge in [-0.1, -0.05) is 0 Å². The van der Waals surface area contributed by atoms with Crippen LogP contribution in [0.15, 0.2) is 0 Å². The zero-order valence-electron chi connectivity index (χ0n) is 11.2. The SMILES string of the molecule is CC1(C)CNCCN(CCN2CCCC2)C1=O. The van der Waals surface area contributed by atoms with E-state index in [9.17, 15) is 4.79 Å². The molecular weight excluding hydrogens is 214 g/mol. The molecule has 2 fully saturated rings. The number of nitrogens with zero attached hydrogens (tertiary/aromatic N) is 2. The maximum atomic E-state index is 12.3. The van der Waals surface area contributed by atoms with Crippen LogP contribution >= 0.6 is 0 Å². The molecule has 1 amide bonds. The second-order valence-electron chi connectivity index (χ2n) is 5.90. The molecule has 17 heavy (non-hydrogen) atoms. The molecule has 0 saturated carbocycles. The van der Waals surface area contributed by atoms with Crippen molar-refractivity contribution in [3.05, 3.63) is 0 Å². The molecule has 0 aromatic heterocycles. The highest BCUT2D eigenvalue weighted by Crippen LogP contribution is 2.19. The Morgan fingerprint density at radius 3 is 2.59 bits per heavy atom. The Morgan fingerprint density at radius 2 is 1.88 bits per heavy atom. The van der Waals surface area contributed by atoms with E-state index in [1.807, 2.05) is 18.7 Å². The van der Waals surface area contributed by atoms with Crippen LogP contribution in [0.5, 0.6) is 0 Å². The van der Waals surface area contributed by atoms with E-state index in [2.05, 4.69) is 10.2 Å². The summed E-state index contributed by atoms with van der Waals surface area (Å²) in [6, 6.07) is 0. The van der Waals surface area contributed by atoms with Crippen molar-refractivity contribution in [1.29, 1.82) is 0 Å². The minimum absolute atomic E-state index is 0.249. The summed E-state index contributed by atoms with van der Waals surface area (Å²) in [5.74, 6) is 0.307. The predicted molar refractivity (Wildman–Crippen MR) is 68.9 cm³/mol. The summed E-state index contributed by atoms with van der Waals surface area (Å²) in [5, 5.41) is 3.35. The summed E-state index contributed by atoms with van der Waals surface area (Å²) in [4.78, 5) is 16.9. The zero-order chi connectivity index (χ0) is 12.3. The van der Waals surface area contributed by atoms with E-state index in [0.717, 1.165) is 32.7 Å². The molecule has 2 rings (SSSR count). The standard InChI is InChI=1S/C13H25N3O/c1-13(2)11-14-5-8-16(12(13)17)10-9-15-6-3-4-7-15/h14H,3-11H2,1-2H3. The predicted octanol–water partition coefficient (Wildman–Crippen LogP) is 0.540. The van der Waals surface area contributed by atoms with Crippen LogP contribution < -0.4 is 5.32 Å². The van der Waals surface area contributed by atoms with Crippen molar-refractivity contribution in [3.63, 3.8) is 0 Å². The molecule has 1 N–H and O–H groups in total. The molecular formula is C13H25N3O. The van der Waals surface area contributed by atoms with Gasteiger partial charge in [-0.15, -0.1) is 0 Å².